The molecular weight excluding hydrogens is 488 g/mol. The van der Waals surface area contributed by atoms with Crippen LogP contribution in [0.3, 0.4) is 0 Å². The van der Waals surface area contributed by atoms with Crippen LogP contribution in [0.15, 0.2) is 54.7 Å². The summed E-state index contributed by atoms with van der Waals surface area (Å²) in [6.07, 6.45) is 1.57. The molecule has 4 rings (SSSR count). The van der Waals surface area contributed by atoms with Gasteiger partial charge in [-0.05, 0) is 43.2 Å². The second-order valence-electron chi connectivity index (χ2n) is 8.91. The van der Waals surface area contributed by atoms with Gasteiger partial charge in [-0.2, -0.15) is 0 Å². The maximum atomic E-state index is 14.3. The number of aliphatic hydroxyl groups is 2. The summed E-state index contributed by atoms with van der Waals surface area (Å²) in [5.74, 6) is 1.24. The number of carbonyl (C=O) groups excluding carboxylic acids is 1. The van der Waals surface area contributed by atoms with Crippen molar-refractivity contribution in [2.45, 2.75) is 19.6 Å². The number of aryl methyl sites for hydroxylation is 2. The molecule has 0 bridgehead atoms. The van der Waals surface area contributed by atoms with Crippen molar-refractivity contribution < 1.29 is 34.0 Å². The number of ketones is 1. The molecule has 1 unspecified atom stereocenters. The van der Waals surface area contributed by atoms with Gasteiger partial charge in [0.1, 0.15) is 29.6 Å². The zero-order valence-corrected chi connectivity index (χ0v) is 22.0. The smallest absolute Gasteiger partial charge is 0.231 e. The fourth-order valence-corrected chi connectivity index (χ4v) is 4.42. The molecule has 0 aliphatic carbocycles. The Labute approximate surface area is 220 Å². The summed E-state index contributed by atoms with van der Waals surface area (Å²) in [6, 6.07) is 13.8. The molecule has 0 amide bonds. The van der Waals surface area contributed by atoms with E-state index in [0.717, 1.165) is 11.1 Å². The molecule has 1 atom stereocenters. The third kappa shape index (κ3) is 5.11. The third-order valence-electron chi connectivity index (χ3n) is 6.32. The van der Waals surface area contributed by atoms with Crippen LogP contribution in [0.2, 0.25) is 0 Å². The van der Waals surface area contributed by atoms with Crippen molar-refractivity contribution in [3.8, 4) is 23.0 Å². The van der Waals surface area contributed by atoms with E-state index in [9.17, 15) is 15.0 Å². The zero-order chi connectivity index (χ0) is 27.4. The van der Waals surface area contributed by atoms with Crippen molar-refractivity contribution in [1.82, 2.24) is 4.98 Å². The van der Waals surface area contributed by atoms with Crippen LogP contribution in [0.4, 0.5) is 5.69 Å². The molecule has 3 aromatic carbocycles. The number of aromatic nitrogens is 1. The minimum absolute atomic E-state index is 0.0692. The highest BCUT2D eigenvalue weighted by molar-refractivity contribution is 6.13. The predicted octanol–water partition coefficient (Wildman–Crippen LogP) is 4.32. The lowest BCUT2D eigenvalue weighted by atomic mass is 9.91. The SMILES string of the molecule is COc1cc(NC(O)(C(=O)c2c[nH]c3cc(OC)c(C)cc23)c2ccc(C)cc2OC)cc(OCCO)c1. The number of nitrogens with one attached hydrogen (secondary N) is 2. The maximum absolute atomic E-state index is 14.3. The van der Waals surface area contributed by atoms with Gasteiger partial charge in [0, 0.05) is 52.6 Å². The first-order valence-electron chi connectivity index (χ1n) is 12.0. The van der Waals surface area contributed by atoms with E-state index in [0.29, 0.717) is 39.6 Å². The summed E-state index contributed by atoms with van der Waals surface area (Å²) in [5, 5.41) is 25.1. The predicted molar refractivity (Wildman–Crippen MR) is 145 cm³/mol. The molecule has 0 radical (unpaired) electrons. The molecular formula is C29H32N2O7. The van der Waals surface area contributed by atoms with Crippen molar-refractivity contribution in [1.29, 1.82) is 0 Å². The van der Waals surface area contributed by atoms with Crippen molar-refractivity contribution in [3.63, 3.8) is 0 Å². The topological polar surface area (TPSA) is 122 Å². The van der Waals surface area contributed by atoms with Gasteiger partial charge in [0.25, 0.3) is 0 Å². The number of ether oxygens (including phenoxy) is 4. The third-order valence-corrected chi connectivity index (χ3v) is 6.32. The molecule has 9 nitrogen and oxygen atoms in total. The summed E-state index contributed by atoms with van der Waals surface area (Å²) >= 11 is 0. The molecule has 0 spiro atoms. The number of Topliss-reactive ketones (excluding diaryl/α,β-unsaturated/α-hetero) is 1. The number of methoxy groups -OCH3 is 3. The fraction of sp³-hybridized carbons (Fsp3) is 0.276. The maximum Gasteiger partial charge on any atom is 0.231 e. The zero-order valence-electron chi connectivity index (χ0n) is 22.0. The van der Waals surface area contributed by atoms with Crippen LogP contribution in [0.25, 0.3) is 10.9 Å². The Morgan fingerprint density at radius 1 is 0.947 bits per heavy atom. The summed E-state index contributed by atoms with van der Waals surface area (Å²) in [5.41, 5.74) is 1.05. The average Bonchev–Trinajstić information content (AvgIpc) is 3.32. The number of aromatic amines is 1. The molecule has 4 N–H and O–H groups in total. The highest BCUT2D eigenvalue weighted by Crippen LogP contribution is 2.38. The van der Waals surface area contributed by atoms with Crippen molar-refractivity contribution in [3.05, 3.63) is 77.0 Å². The number of H-pyrrole nitrogens is 1. The second kappa shape index (κ2) is 11.0. The van der Waals surface area contributed by atoms with E-state index in [4.69, 9.17) is 18.9 Å². The Kier molecular flexibility index (Phi) is 7.80. The molecule has 4 aromatic rings. The highest BCUT2D eigenvalue weighted by atomic mass is 16.5. The number of aliphatic hydroxyl groups excluding tert-OH is 1. The molecule has 0 saturated carbocycles. The minimum atomic E-state index is -2.25. The molecule has 0 fully saturated rings. The number of fused-ring (bicyclic) bond motifs is 1. The van der Waals surface area contributed by atoms with Gasteiger partial charge < -0.3 is 39.5 Å². The summed E-state index contributed by atoms with van der Waals surface area (Å²) < 4.78 is 22.0. The Morgan fingerprint density at radius 2 is 1.68 bits per heavy atom. The number of anilines is 1. The molecule has 200 valence electrons. The van der Waals surface area contributed by atoms with Crippen molar-refractivity contribution in [2.75, 3.05) is 39.9 Å². The summed E-state index contributed by atoms with van der Waals surface area (Å²) in [7, 11) is 4.57. The summed E-state index contributed by atoms with van der Waals surface area (Å²) in [6.45, 7) is 3.67. The monoisotopic (exact) mass is 520 g/mol. The first kappa shape index (κ1) is 26.8. The van der Waals surface area contributed by atoms with E-state index in [1.54, 1.807) is 49.7 Å². The van der Waals surface area contributed by atoms with Crippen LogP contribution in [0.1, 0.15) is 27.0 Å². The van der Waals surface area contributed by atoms with Crippen LogP contribution < -0.4 is 24.3 Å². The Bertz CT molecular complexity index is 1460. The van der Waals surface area contributed by atoms with E-state index in [-0.39, 0.29) is 24.3 Å². The lowest BCUT2D eigenvalue weighted by Crippen LogP contribution is -2.43. The van der Waals surface area contributed by atoms with Gasteiger partial charge in [0.2, 0.25) is 11.5 Å². The normalized spacial score (nSPS) is 12.6. The van der Waals surface area contributed by atoms with Gasteiger partial charge in [0.05, 0.1) is 33.5 Å². The van der Waals surface area contributed by atoms with Gasteiger partial charge in [-0.1, -0.05) is 6.07 Å². The second-order valence-corrected chi connectivity index (χ2v) is 8.91. The lowest BCUT2D eigenvalue weighted by molar-refractivity contribution is 0.0426. The van der Waals surface area contributed by atoms with Crippen LogP contribution >= 0.6 is 0 Å². The number of benzene rings is 3. The van der Waals surface area contributed by atoms with E-state index in [1.807, 2.05) is 26.0 Å². The molecule has 0 aliphatic rings. The standard InChI is InChI=1S/C29H32N2O7/c1-17-6-7-24(27(10-17)37-5)29(34,31-19-12-20(35-3)14-21(13-19)38-9-8-32)28(33)23-16-30-25-15-26(36-4)18(2)11-22(23)25/h6-7,10-16,30-32,34H,8-9H2,1-5H3. The Balaban J connectivity index is 1.89. The number of hydrogen-bond acceptors (Lipinski definition) is 8. The first-order valence-corrected chi connectivity index (χ1v) is 12.0. The van der Waals surface area contributed by atoms with Crippen molar-refractivity contribution in [2.24, 2.45) is 0 Å². The number of rotatable bonds is 11. The van der Waals surface area contributed by atoms with E-state index < -0.39 is 11.5 Å². The van der Waals surface area contributed by atoms with E-state index in [1.165, 1.54) is 14.2 Å². The Morgan fingerprint density at radius 3 is 2.37 bits per heavy atom. The van der Waals surface area contributed by atoms with Crippen molar-refractivity contribution >= 4 is 22.4 Å². The molecule has 9 heteroatoms. The fourth-order valence-electron chi connectivity index (χ4n) is 4.42. The quantitative estimate of drug-likeness (QED) is 0.170. The highest BCUT2D eigenvalue weighted by Gasteiger charge is 2.42. The van der Waals surface area contributed by atoms with E-state index in [2.05, 4.69) is 10.3 Å². The molecule has 38 heavy (non-hydrogen) atoms. The number of carbonyl (C=O) groups is 1. The van der Waals surface area contributed by atoms with Gasteiger partial charge in [-0.15, -0.1) is 0 Å². The largest absolute Gasteiger partial charge is 0.497 e. The minimum Gasteiger partial charge on any atom is -0.497 e. The van der Waals surface area contributed by atoms with Gasteiger partial charge in [-0.3, -0.25) is 4.79 Å². The Hall–Kier alpha value is -4.21. The molecule has 0 saturated heterocycles. The molecule has 1 aromatic heterocycles. The van der Waals surface area contributed by atoms with Crippen LogP contribution in [0, 0.1) is 13.8 Å². The van der Waals surface area contributed by atoms with Gasteiger partial charge >= 0.3 is 0 Å². The average molecular weight is 521 g/mol. The number of hydrogen-bond donors (Lipinski definition) is 4. The van der Waals surface area contributed by atoms with Crippen LogP contribution in [-0.4, -0.2) is 55.5 Å². The molecule has 1 heterocycles. The van der Waals surface area contributed by atoms with Crippen LogP contribution in [0.5, 0.6) is 23.0 Å². The summed E-state index contributed by atoms with van der Waals surface area (Å²) in [4.78, 5) is 17.4. The van der Waals surface area contributed by atoms with Gasteiger partial charge in [0.15, 0.2) is 0 Å². The van der Waals surface area contributed by atoms with E-state index >= 15 is 0 Å². The lowest BCUT2D eigenvalue weighted by Gasteiger charge is -2.31. The van der Waals surface area contributed by atoms with Gasteiger partial charge in [-0.25, -0.2) is 0 Å². The first-order chi connectivity index (χ1) is 18.2. The molecule has 0 aliphatic heterocycles. The van der Waals surface area contributed by atoms with Crippen LogP contribution in [-0.2, 0) is 5.72 Å².